The molecule has 94 valence electrons. The first kappa shape index (κ1) is 12.2. The summed E-state index contributed by atoms with van der Waals surface area (Å²) in [6.45, 7) is 1.84. The normalized spacial score (nSPS) is 16.8. The lowest BCUT2D eigenvalue weighted by molar-refractivity contribution is -0.134. The molecule has 0 aliphatic carbocycles. The van der Waals surface area contributed by atoms with Gasteiger partial charge in [0.1, 0.15) is 6.54 Å². The quantitative estimate of drug-likeness (QED) is 0.750. The highest BCUT2D eigenvalue weighted by atomic mass is 16.6. The molecule has 0 radical (unpaired) electrons. The Morgan fingerprint density at radius 3 is 2.83 bits per heavy atom. The Morgan fingerprint density at radius 2 is 2.17 bits per heavy atom. The van der Waals surface area contributed by atoms with Crippen molar-refractivity contribution in [2.75, 3.05) is 13.2 Å². The number of rotatable bonds is 2. The Morgan fingerprint density at radius 1 is 1.44 bits per heavy atom. The van der Waals surface area contributed by atoms with Crippen molar-refractivity contribution in [3.8, 4) is 0 Å². The van der Waals surface area contributed by atoms with Crippen molar-refractivity contribution in [3.63, 3.8) is 0 Å². The van der Waals surface area contributed by atoms with Crippen molar-refractivity contribution in [1.82, 2.24) is 4.90 Å². The summed E-state index contributed by atoms with van der Waals surface area (Å²) in [5.74, 6) is -0.269. The fourth-order valence-corrected chi connectivity index (χ4v) is 1.57. The highest BCUT2D eigenvalue weighted by Gasteiger charge is 2.32. The molecule has 1 saturated heterocycles. The highest BCUT2D eigenvalue weighted by Crippen LogP contribution is 2.19. The zero-order valence-electron chi connectivity index (χ0n) is 9.96. The van der Waals surface area contributed by atoms with Crippen LogP contribution in [0.15, 0.2) is 36.2 Å². The van der Waals surface area contributed by atoms with Crippen LogP contribution < -0.4 is 0 Å². The van der Waals surface area contributed by atoms with E-state index < -0.39 is 12.1 Å². The molecule has 1 fully saturated rings. The molecule has 0 atom stereocenters. The van der Waals surface area contributed by atoms with Crippen LogP contribution in [-0.2, 0) is 14.3 Å². The summed E-state index contributed by atoms with van der Waals surface area (Å²) < 4.78 is 9.85. The topological polar surface area (TPSA) is 55.8 Å². The number of hydrogen-bond donors (Lipinski definition) is 0. The molecular formula is C13H13NO4. The average Bonchev–Trinajstić information content (AvgIpc) is 2.72. The van der Waals surface area contributed by atoms with Gasteiger partial charge in [-0.2, -0.15) is 0 Å². The van der Waals surface area contributed by atoms with Crippen molar-refractivity contribution in [1.29, 1.82) is 0 Å². The third-order valence-corrected chi connectivity index (χ3v) is 2.35. The van der Waals surface area contributed by atoms with Crippen LogP contribution in [0, 0.1) is 0 Å². The maximum atomic E-state index is 11.6. The number of amides is 1. The minimum absolute atomic E-state index is 0.114. The number of hydrogen-bond acceptors (Lipinski definition) is 4. The maximum Gasteiger partial charge on any atom is 0.417 e. The predicted octanol–water partition coefficient (Wildman–Crippen LogP) is 2.00. The standard InChI is InChI=1S/C13H13NO4/c1-2-17-13(16)14-9-12(15)18-11(14)8-10-6-4-3-5-7-10/h3-8H,2,9H2,1H3/b11-8+. The van der Waals surface area contributed by atoms with Gasteiger partial charge in [-0.1, -0.05) is 30.3 Å². The van der Waals surface area contributed by atoms with Crippen LogP contribution in [0.4, 0.5) is 4.79 Å². The highest BCUT2D eigenvalue weighted by molar-refractivity contribution is 5.85. The summed E-state index contributed by atoms with van der Waals surface area (Å²) in [6, 6.07) is 9.30. The van der Waals surface area contributed by atoms with Crippen molar-refractivity contribution in [2.45, 2.75) is 6.92 Å². The zero-order valence-corrected chi connectivity index (χ0v) is 9.96. The van der Waals surface area contributed by atoms with Gasteiger partial charge in [0, 0.05) is 6.08 Å². The summed E-state index contributed by atoms with van der Waals surface area (Å²) in [5, 5.41) is 0. The van der Waals surface area contributed by atoms with Crippen LogP contribution in [0.25, 0.3) is 6.08 Å². The summed E-state index contributed by atoms with van der Waals surface area (Å²) in [4.78, 5) is 24.1. The van der Waals surface area contributed by atoms with E-state index in [4.69, 9.17) is 9.47 Å². The molecule has 1 aliphatic rings. The van der Waals surface area contributed by atoms with Gasteiger partial charge in [0.05, 0.1) is 6.61 Å². The third-order valence-electron chi connectivity index (χ3n) is 2.35. The third kappa shape index (κ3) is 2.68. The minimum Gasteiger partial charge on any atom is -0.449 e. The van der Waals surface area contributed by atoms with Gasteiger partial charge in [0.15, 0.2) is 0 Å². The lowest BCUT2D eigenvalue weighted by Gasteiger charge is -2.13. The van der Waals surface area contributed by atoms with E-state index in [-0.39, 0.29) is 19.0 Å². The molecule has 1 amide bonds. The molecule has 18 heavy (non-hydrogen) atoms. The molecule has 0 spiro atoms. The Balaban J connectivity index is 2.22. The molecule has 5 nitrogen and oxygen atoms in total. The fourth-order valence-electron chi connectivity index (χ4n) is 1.57. The number of esters is 1. The number of nitrogens with zero attached hydrogens (tertiary/aromatic N) is 1. The van der Waals surface area contributed by atoms with E-state index in [0.29, 0.717) is 0 Å². The molecule has 1 heterocycles. The number of ether oxygens (including phenoxy) is 2. The second kappa shape index (κ2) is 5.35. The van der Waals surface area contributed by atoms with Crippen LogP contribution in [0.1, 0.15) is 12.5 Å². The van der Waals surface area contributed by atoms with E-state index in [1.807, 2.05) is 30.3 Å². The molecule has 0 unspecified atom stereocenters. The largest absolute Gasteiger partial charge is 0.449 e. The SMILES string of the molecule is CCOC(=O)N1CC(=O)O/C1=C/c1ccccc1. The van der Waals surface area contributed by atoms with E-state index in [1.54, 1.807) is 13.0 Å². The monoisotopic (exact) mass is 247 g/mol. The van der Waals surface area contributed by atoms with Crippen LogP contribution in [0.2, 0.25) is 0 Å². The summed E-state index contributed by atoms with van der Waals surface area (Å²) in [6.07, 6.45) is 1.05. The molecule has 0 aromatic heterocycles. The Kier molecular flexibility index (Phi) is 3.62. The lowest BCUT2D eigenvalue weighted by Crippen LogP contribution is -2.28. The van der Waals surface area contributed by atoms with Gasteiger partial charge >= 0.3 is 12.1 Å². The van der Waals surface area contributed by atoms with Gasteiger partial charge in [-0.25, -0.2) is 14.5 Å². The van der Waals surface area contributed by atoms with Gasteiger partial charge in [-0.15, -0.1) is 0 Å². The van der Waals surface area contributed by atoms with E-state index in [0.717, 1.165) is 5.56 Å². The van der Waals surface area contributed by atoms with Crippen molar-refractivity contribution in [2.24, 2.45) is 0 Å². The number of cyclic esters (lactones) is 1. The number of carbonyl (C=O) groups is 2. The molecule has 0 N–H and O–H groups in total. The maximum absolute atomic E-state index is 11.6. The smallest absolute Gasteiger partial charge is 0.417 e. The van der Waals surface area contributed by atoms with E-state index in [2.05, 4.69) is 0 Å². The molecule has 2 rings (SSSR count). The molecule has 1 aliphatic heterocycles. The van der Waals surface area contributed by atoms with Gasteiger partial charge in [0.25, 0.3) is 0 Å². The van der Waals surface area contributed by atoms with Crippen LogP contribution in [0.5, 0.6) is 0 Å². The van der Waals surface area contributed by atoms with Crippen LogP contribution in [-0.4, -0.2) is 30.1 Å². The average molecular weight is 247 g/mol. The lowest BCUT2D eigenvalue weighted by atomic mass is 10.2. The molecule has 0 saturated carbocycles. The minimum atomic E-state index is -0.578. The molecular weight excluding hydrogens is 234 g/mol. The van der Waals surface area contributed by atoms with Crippen molar-refractivity contribution >= 4 is 18.1 Å². The summed E-state index contributed by atoms with van der Waals surface area (Å²) in [5.41, 5.74) is 0.844. The summed E-state index contributed by atoms with van der Waals surface area (Å²) in [7, 11) is 0. The predicted molar refractivity (Wildman–Crippen MR) is 64.2 cm³/mol. The Bertz CT molecular complexity index is 481. The van der Waals surface area contributed by atoms with Crippen molar-refractivity contribution < 1.29 is 19.1 Å². The molecule has 1 aromatic carbocycles. The van der Waals surface area contributed by atoms with E-state index >= 15 is 0 Å². The molecule has 0 bridgehead atoms. The van der Waals surface area contributed by atoms with Gasteiger partial charge in [0.2, 0.25) is 5.88 Å². The number of benzene rings is 1. The first-order valence-corrected chi connectivity index (χ1v) is 5.62. The van der Waals surface area contributed by atoms with Gasteiger partial charge < -0.3 is 9.47 Å². The van der Waals surface area contributed by atoms with Crippen LogP contribution >= 0.6 is 0 Å². The van der Waals surface area contributed by atoms with Gasteiger partial charge in [-0.3, -0.25) is 0 Å². The second-order valence-corrected chi connectivity index (χ2v) is 3.65. The van der Waals surface area contributed by atoms with Crippen molar-refractivity contribution in [3.05, 3.63) is 41.8 Å². The Hall–Kier alpha value is -2.30. The molecule has 5 heteroatoms. The second-order valence-electron chi connectivity index (χ2n) is 3.65. The van der Waals surface area contributed by atoms with Gasteiger partial charge in [-0.05, 0) is 12.5 Å². The number of carbonyl (C=O) groups excluding carboxylic acids is 2. The zero-order chi connectivity index (χ0) is 13.0. The van der Waals surface area contributed by atoms with Crippen LogP contribution in [0.3, 0.4) is 0 Å². The van der Waals surface area contributed by atoms with E-state index in [1.165, 1.54) is 4.90 Å². The Labute approximate surface area is 105 Å². The first-order chi connectivity index (χ1) is 8.70. The van der Waals surface area contributed by atoms with E-state index in [9.17, 15) is 9.59 Å². The molecule has 1 aromatic rings. The fraction of sp³-hybridized carbons (Fsp3) is 0.231. The summed E-state index contributed by atoms with van der Waals surface area (Å²) >= 11 is 0. The first-order valence-electron chi connectivity index (χ1n) is 5.62.